The number of nitrogens with two attached hydrogens (primary N) is 4. The van der Waals surface area contributed by atoms with Crippen molar-refractivity contribution in [2.45, 2.75) is 39.0 Å². The Hall–Kier alpha value is -3.90. The number of hydrogen-bond donors (Lipinski definition) is 4. The first-order chi connectivity index (χ1) is 16.0. The lowest BCUT2D eigenvalue weighted by molar-refractivity contribution is 0.533. The molecule has 2 aliphatic heterocycles. The largest absolute Gasteiger partial charge is 0.369 e. The van der Waals surface area contributed by atoms with Crippen LogP contribution in [0.4, 0.5) is 22.7 Å². The third-order valence-electron chi connectivity index (χ3n) is 5.28. The van der Waals surface area contributed by atoms with Crippen LogP contribution in [0.3, 0.4) is 0 Å². The minimum absolute atomic E-state index is 0. The molecule has 0 fully saturated rings. The summed E-state index contributed by atoms with van der Waals surface area (Å²) in [6, 6.07) is 14.9. The zero-order valence-electron chi connectivity index (χ0n) is 20.3. The van der Waals surface area contributed by atoms with E-state index in [0.29, 0.717) is 11.4 Å². The second-order valence-corrected chi connectivity index (χ2v) is 8.77. The van der Waals surface area contributed by atoms with Crippen molar-refractivity contribution in [1.29, 1.82) is 0 Å². The van der Waals surface area contributed by atoms with Gasteiger partial charge in [0.25, 0.3) is 0 Å². The van der Waals surface area contributed by atoms with E-state index in [1.165, 1.54) is 0 Å². The van der Waals surface area contributed by atoms with Crippen LogP contribution in [0, 0.1) is 0 Å². The Balaban J connectivity index is 0.00000228. The first-order valence-corrected chi connectivity index (χ1v) is 10.6. The SMILES string of the molecule is CC1(C)N=C(N)N=C(N)N1c1ccc(N=Nc2ccc(N3C(N)=NC(N)=NC3(C)C)cc2)cc1.Cl.Cl. The zero-order chi connectivity index (χ0) is 24.7. The van der Waals surface area contributed by atoms with Gasteiger partial charge in [0.1, 0.15) is 11.3 Å². The summed E-state index contributed by atoms with van der Waals surface area (Å²) in [5.41, 5.74) is 25.3. The highest BCUT2D eigenvalue weighted by molar-refractivity contribution is 6.06. The molecule has 14 heteroatoms. The smallest absolute Gasteiger partial charge is 0.220 e. The van der Waals surface area contributed by atoms with E-state index in [1.54, 1.807) is 9.80 Å². The fraction of sp³-hybridized carbons (Fsp3) is 0.273. The van der Waals surface area contributed by atoms with E-state index in [4.69, 9.17) is 22.9 Å². The van der Waals surface area contributed by atoms with Crippen LogP contribution >= 0.6 is 24.8 Å². The van der Waals surface area contributed by atoms with Gasteiger partial charge < -0.3 is 22.9 Å². The number of azo groups is 1. The summed E-state index contributed by atoms with van der Waals surface area (Å²) in [5.74, 6) is 0.877. The van der Waals surface area contributed by atoms with Crippen molar-refractivity contribution in [3.8, 4) is 0 Å². The minimum atomic E-state index is -0.658. The maximum Gasteiger partial charge on any atom is 0.220 e. The van der Waals surface area contributed by atoms with Gasteiger partial charge in [-0.2, -0.15) is 20.2 Å². The highest BCUT2D eigenvalue weighted by atomic mass is 35.5. The highest BCUT2D eigenvalue weighted by Crippen LogP contribution is 2.31. The maximum absolute atomic E-state index is 6.09. The number of rotatable bonds is 4. The standard InChI is InChI=1S/C22H28N12.2ClH/c1-21(2)29-17(23)27-19(25)33(21)15-9-5-13(6-10-15)31-32-14-7-11-16(12-8-14)34-20(26)28-18(24)30-22(34,3)4;;/h5-12H,1-4H3,(H4,23,25,27,29)(H4,24,26,28,30);2*1H. The third-order valence-corrected chi connectivity index (χ3v) is 5.28. The monoisotopic (exact) mass is 532 g/mol. The van der Waals surface area contributed by atoms with Gasteiger partial charge in [-0.3, -0.25) is 9.80 Å². The summed E-state index contributed by atoms with van der Waals surface area (Å²) in [6.45, 7) is 7.63. The van der Waals surface area contributed by atoms with Crippen molar-refractivity contribution >= 4 is 71.4 Å². The van der Waals surface area contributed by atoms with Crippen molar-refractivity contribution in [3.05, 3.63) is 48.5 Å². The molecule has 0 radical (unpaired) electrons. The molecular weight excluding hydrogens is 503 g/mol. The van der Waals surface area contributed by atoms with Gasteiger partial charge in [0.15, 0.2) is 0 Å². The molecule has 0 unspecified atom stereocenters. The maximum atomic E-state index is 6.09. The van der Waals surface area contributed by atoms with Crippen LogP contribution < -0.4 is 32.7 Å². The summed E-state index contributed by atoms with van der Waals surface area (Å²) >= 11 is 0. The van der Waals surface area contributed by atoms with Crippen LogP contribution in [0.25, 0.3) is 0 Å². The molecule has 192 valence electrons. The molecule has 0 saturated carbocycles. The molecule has 0 amide bonds. The van der Waals surface area contributed by atoms with E-state index >= 15 is 0 Å². The fourth-order valence-electron chi connectivity index (χ4n) is 3.95. The molecule has 0 atom stereocenters. The molecule has 2 aromatic carbocycles. The molecule has 0 spiro atoms. The number of hydrogen-bond acceptors (Lipinski definition) is 12. The summed E-state index contributed by atoms with van der Waals surface area (Å²) in [7, 11) is 0. The van der Waals surface area contributed by atoms with Gasteiger partial charge in [-0.1, -0.05) is 0 Å². The fourth-order valence-corrected chi connectivity index (χ4v) is 3.95. The van der Waals surface area contributed by atoms with E-state index in [9.17, 15) is 0 Å². The molecule has 12 nitrogen and oxygen atoms in total. The Bertz CT molecular complexity index is 1150. The molecule has 2 heterocycles. The first-order valence-electron chi connectivity index (χ1n) is 10.6. The number of aliphatic imine (C=N–C) groups is 4. The topological polar surface area (TPSA) is 185 Å². The molecular formula is C22H30Cl2N12. The number of halogens is 2. The van der Waals surface area contributed by atoms with Gasteiger partial charge in [0.2, 0.25) is 23.8 Å². The van der Waals surface area contributed by atoms with Crippen molar-refractivity contribution in [2.75, 3.05) is 9.80 Å². The van der Waals surface area contributed by atoms with E-state index in [2.05, 4.69) is 30.2 Å². The number of guanidine groups is 4. The lowest BCUT2D eigenvalue weighted by atomic mass is 10.1. The molecule has 36 heavy (non-hydrogen) atoms. The summed E-state index contributed by atoms with van der Waals surface area (Å²) in [6.07, 6.45) is 0. The number of benzene rings is 2. The van der Waals surface area contributed by atoms with Gasteiger partial charge in [0, 0.05) is 11.4 Å². The predicted molar refractivity (Wildman–Crippen MR) is 151 cm³/mol. The Labute approximate surface area is 221 Å². The van der Waals surface area contributed by atoms with Crippen molar-refractivity contribution in [2.24, 2.45) is 53.1 Å². The first kappa shape index (κ1) is 28.3. The summed E-state index contributed by atoms with van der Waals surface area (Å²) in [5, 5.41) is 8.65. The molecule has 2 aromatic rings. The lowest BCUT2D eigenvalue weighted by Gasteiger charge is -2.38. The third kappa shape index (κ3) is 5.66. The molecule has 2 aliphatic rings. The van der Waals surface area contributed by atoms with Gasteiger partial charge in [-0.05, 0) is 76.2 Å². The molecule has 0 saturated heterocycles. The average Bonchev–Trinajstić information content (AvgIpc) is 2.71. The molecule has 0 aliphatic carbocycles. The van der Waals surface area contributed by atoms with E-state index in [0.717, 1.165) is 11.4 Å². The minimum Gasteiger partial charge on any atom is -0.369 e. The predicted octanol–water partition coefficient (Wildman–Crippen LogP) is 3.32. The van der Waals surface area contributed by atoms with Crippen LogP contribution in [-0.4, -0.2) is 35.2 Å². The average molecular weight is 533 g/mol. The zero-order valence-corrected chi connectivity index (χ0v) is 22.0. The van der Waals surface area contributed by atoms with Crippen molar-refractivity contribution in [1.82, 2.24) is 0 Å². The summed E-state index contributed by atoms with van der Waals surface area (Å²) < 4.78 is 0. The molecule has 0 bridgehead atoms. The highest BCUT2D eigenvalue weighted by Gasteiger charge is 2.33. The number of nitrogens with zero attached hydrogens (tertiary/aromatic N) is 8. The number of anilines is 2. The normalized spacial score (nSPS) is 18.3. The van der Waals surface area contributed by atoms with E-state index in [-0.39, 0.29) is 48.7 Å². The van der Waals surface area contributed by atoms with Crippen LogP contribution in [0.5, 0.6) is 0 Å². The molecule has 0 aromatic heterocycles. The van der Waals surface area contributed by atoms with E-state index < -0.39 is 11.3 Å². The van der Waals surface area contributed by atoms with Gasteiger partial charge in [0.05, 0.1) is 11.4 Å². The van der Waals surface area contributed by atoms with Crippen LogP contribution in [0.1, 0.15) is 27.7 Å². The molecule has 4 rings (SSSR count). The second kappa shape index (κ2) is 10.4. The second-order valence-electron chi connectivity index (χ2n) is 8.77. The van der Waals surface area contributed by atoms with E-state index in [1.807, 2.05) is 76.2 Å². The van der Waals surface area contributed by atoms with Crippen LogP contribution in [0.2, 0.25) is 0 Å². The Kier molecular flexibility index (Phi) is 8.17. The van der Waals surface area contributed by atoms with Crippen molar-refractivity contribution in [3.63, 3.8) is 0 Å². The Morgan fingerprint density at radius 1 is 0.583 bits per heavy atom. The van der Waals surface area contributed by atoms with Gasteiger partial charge in [-0.15, -0.1) is 24.8 Å². The quantitative estimate of drug-likeness (QED) is 0.437. The summed E-state index contributed by atoms with van der Waals surface area (Å²) in [4.78, 5) is 20.5. The van der Waals surface area contributed by atoms with Gasteiger partial charge >= 0.3 is 0 Å². The lowest BCUT2D eigenvalue weighted by Crippen LogP contribution is -2.54. The molecule has 8 N–H and O–H groups in total. The Morgan fingerprint density at radius 3 is 1.17 bits per heavy atom. The van der Waals surface area contributed by atoms with Gasteiger partial charge in [-0.25, -0.2) is 9.98 Å². The van der Waals surface area contributed by atoms with Crippen molar-refractivity contribution < 1.29 is 0 Å². The van der Waals surface area contributed by atoms with Crippen LogP contribution in [0.15, 0.2) is 78.7 Å². The Morgan fingerprint density at radius 2 is 0.889 bits per heavy atom. The van der Waals surface area contributed by atoms with Crippen LogP contribution in [-0.2, 0) is 0 Å².